The first kappa shape index (κ1) is 28.6. The molecule has 0 bridgehead atoms. The van der Waals surface area contributed by atoms with Gasteiger partial charge in [0, 0.05) is 81.2 Å². The molecule has 0 aliphatic carbocycles. The van der Waals surface area contributed by atoms with Gasteiger partial charge in [-0.25, -0.2) is 9.37 Å². The van der Waals surface area contributed by atoms with E-state index in [0.717, 1.165) is 31.9 Å². The fraction of sp³-hybridized carbons (Fsp3) is 0.250. The maximum Gasteiger partial charge on any atom is 0.283 e. The number of fused-ring (bicyclic) bond motifs is 4. The number of nitrogens with zero attached hydrogens (tertiary/aromatic N) is 7. The molecule has 6 aromatic rings. The van der Waals surface area contributed by atoms with E-state index in [4.69, 9.17) is 4.74 Å². The molecule has 0 saturated carbocycles. The van der Waals surface area contributed by atoms with E-state index in [-0.39, 0.29) is 16.9 Å². The van der Waals surface area contributed by atoms with Gasteiger partial charge >= 0.3 is 0 Å². The number of hydrogen-bond acceptors (Lipinski definition) is 8. The first-order valence-electron chi connectivity index (χ1n) is 14.5. The molecule has 0 amide bonds. The number of para-hydroxylation sites is 1. The maximum atomic E-state index is 15.4. The van der Waals surface area contributed by atoms with E-state index in [9.17, 15) is 14.7 Å². The van der Waals surface area contributed by atoms with Crippen molar-refractivity contribution in [3.63, 3.8) is 0 Å². The average Bonchev–Trinajstić information content (AvgIpc) is 3.59. The molecule has 1 aromatic carbocycles. The molecule has 0 unspecified atom stereocenters. The number of rotatable bonds is 8. The minimum absolute atomic E-state index is 0.118. The SMILES string of the molecule is COCCN1CCn2nc(Nc3cc(-c4ccnc(-n5ccn6c(c(F)c7ccccc76)c5=O)c4CO)cn(C)c3=O)cc2C1. The van der Waals surface area contributed by atoms with Gasteiger partial charge in [0.1, 0.15) is 17.0 Å². The van der Waals surface area contributed by atoms with E-state index in [0.29, 0.717) is 45.7 Å². The molecule has 1 aliphatic rings. The van der Waals surface area contributed by atoms with Crippen molar-refractivity contribution >= 4 is 27.9 Å². The van der Waals surface area contributed by atoms with Crippen LogP contribution in [0.4, 0.5) is 15.9 Å². The number of nitrogens with one attached hydrogen (secondary N) is 1. The molecule has 5 aromatic heterocycles. The van der Waals surface area contributed by atoms with Crippen molar-refractivity contribution in [2.45, 2.75) is 19.7 Å². The van der Waals surface area contributed by atoms with E-state index >= 15 is 4.39 Å². The van der Waals surface area contributed by atoms with Crippen LogP contribution in [0.5, 0.6) is 0 Å². The van der Waals surface area contributed by atoms with E-state index < -0.39 is 18.0 Å². The van der Waals surface area contributed by atoms with Crippen molar-refractivity contribution in [3.05, 3.63) is 105 Å². The highest BCUT2D eigenvalue weighted by Gasteiger charge is 2.21. The second-order valence-electron chi connectivity index (χ2n) is 11.0. The van der Waals surface area contributed by atoms with Gasteiger partial charge in [0.05, 0.1) is 31.0 Å². The summed E-state index contributed by atoms with van der Waals surface area (Å²) in [5.41, 5.74) is 2.43. The van der Waals surface area contributed by atoms with Gasteiger partial charge in [-0.3, -0.25) is 23.7 Å². The maximum absolute atomic E-state index is 15.4. The minimum atomic E-state index is -0.621. The summed E-state index contributed by atoms with van der Waals surface area (Å²) in [6.45, 7) is 3.33. The Labute approximate surface area is 256 Å². The third kappa shape index (κ3) is 4.90. The number of benzene rings is 1. The van der Waals surface area contributed by atoms with Crippen molar-refractivity contribution in [1.29, 1.82) is 0 Å². The van der Waals surface area contributed by atoms with Crippen molar-refractivity contribution in [1.82, 2.24) is 33.2 Å². The van der Waals surface area contributed by atoms with Crippen molar-refractivity contribution in [3.8, 4) is 16.9 Å². The average molecular weight is 611 g/mol. The largest absolute Gasteiger partial charge is 0.392 e. The molecule has 1 aliphatic heterocycles. The normalized spacial score (nSPS) is 13.5. The highest BCUT2D eigenvalue weighted by molar-refractivity contribution is 5.88. The van der Waals surface area contributed by atoms with Crippen LogP contribution < -0.4 is 16.4 Å². The molecule has 0 radical (unpaired) electrons. The zero-order valence-electron chi connectivity index (χ0n) is 24.8. The lowest BCUT2D eigenvalue weighted by atomic mass is 10.0. The Balaban J connectivity index is 1.27. The summed E-state index contributed by atoms with van der Waals surface area (Å²) in [5.74, 6) is 0.0894. The lowest BCUT2D eigenvalue weighted by Crippen LogP contribution is -2.35. The molecule has 230 valence electrons. The van der Waals surface area contributed by atoms with Gasteiger partial charge in [-0.1, -0.05) is 12.1 Å². The van der Waals surface area contributed by atoms with Crippen LogP contribution in [0.2, 0.25) is 0 Å². The number of methoxy groups -OCH3 is 1. The Morgan fingerprint density at radius 2 is 1.93 bits per heavy atom. The smallest absolute Gasteiger partial charge is 0.283 e. The number of aromatic nitrogens is 6. The monoisotopic (exact) mass is 610 g/mol. The summed E-state index contributed by atoms with van der Waals surface area (Å²) < 4.78 is 26.7. The first-order chi connectivity index (χ1) is 21.9. The summed E-state index contributed by atoms with van der Waals surface area (Å²) in [7, 11) is 3.33. The fourth-order valence-electron chi connectivity index (χ4n) is 6.05. The highest BCUT2D eigenvalue weighted by atomic mass is 19.1. The van der Waals surface area contributed by atoms with Crippen LogP contribution in [0.25, 0.3) is 33.4 Å². The van der Waals surface area contributed by atoms with Gasteiger partial charge in [-0.2, -0.15) is 5.10 Å². The molecule has 0 fully saturated rings. The molecule has 2 N–H and O–H groups in total. The molecule has 45 heavy (non-hydrogen) atoms. The van der Waals surface area contributed by atoms with Gasteiger partial charge in [0.15, 0.2) is 11.6 Å². The van der Waals surface area contributed by atoms with Crippen LogP contribution in [0.1, 0.15) is 11.3 Å². The van der Waals surface area contributed by atoms with Crippen molar-refractivity contribution in [2.24, 2.45) is 7.05 Å². The Bertz CT molecular complexity index is 2200. The summed E-state index contributed by atoms with van der Waals surface area (Å²) >= 11 is 0. The molecular weight excluding hydrogens is 579 g/mol. The number of aryl methyl sites for hydroxylation is 1. The number of ether oxygens (including phenoxy) is 1. The Hall–Kier alpha value is -5.11. The number of halogens is 1. The predicted octanol–water partition coefficient (Wildman–Crippen LogP) is 3.04. The first-order valence-corrected chi connectivity index (χ1v) is 14.5. The summed E-state index contributed by atoms with van der Waals surface area (Å²) in [6.07, 6.45) is 6.29. The van der Waals surface area contributed by atoms with E-state index in [2.05, 4.69) is 20.3 Å². The summed E-state index contributed by atoms with van der Waals surface area (Å²) in [5, 5.41) is 18.7. The number of anilines is 2. The van der Waals surface area contributed by atoms with Crippen LogP contribution in [-0.4, -0.2) is 65.1 Å². The lowest BCUT2D eigenvalue weighted by Gasteiger charge is -2.26. The second-order valence-corrected chi connectivity index (χ2v) is 11.0. The van der Waals surface area contributed by atoms with E-state index in [1.807, 2.05) is 10.7 Å². The highest BCUT2D eigenvalue weighted by Crippen LogP contribution is 2.30. The Kier molecular flexibility index (Phi) is 7.28. The van der Waals surface area contributed by atoms with Crippen LogP contribution in [0.15, 0.2) is 76.8 Å². The molecular formula is C32H31FN8O4. The molecule has 0 spiro atoms. The second kappa shape index (κ2) is 11.4. The quantitative estimate of drug-likeness (QED) is 0.270. The number of hydrogen-bond donors (Lipinski definition) is 2. The molecule has 0 atom stereocenters. The number of aliphatic hydroxyl groups excluding tert-OH is 1. The number of pyridine rings is 2. The van der Waals surface area contributed by atoms with Crippen LogP contribution in [-0.2, 0) is 31.5 Å². The van der Waals surface area contributed by atoms with Crippen LogP contribution in [0.3, 0.4) is 0 Å². The topological polar surface area (TPSA) is 124 Å². The Morgan fingerprint density at radius 1 is 1.09 bits per heavy atom. The zero-order valence-corrected chi connectivity index (χ0v) is 24.8. The third-order valence-corrected chi connectivity index (χ3v) is 8.30. The van der Waals surface area contributed by atoms with Gasteiger partial charge in [-0.15, -0.1) is 0 Å². The Morgan fingerprint density at radius 3 is 2.76 bits per heavy atom. The van der Waals surface area contributed by atoms with E-state index in [1.165, 1.54) is 25.9 Å². The molecule has 7 rings (SSSR count). The minimum Gasteiger partial charge on any atom is -0.392 e. The van der Waals surface area contributed by atoms with Gasteiger partial charge < -0.3 is 24.1 Å². The summed E-state index contributed by atoms with van der Waals surface area (Å²) in [4.78, 5) is 33.5. The van der Waals surface area contributed by atoms with Gasteiger partial charge in [0.2, 0.25) is 0 Å². The van der Waals surface area contributed by atoms with Crippen LogP contribution in [0, 0.1) is 5.82 Å². The fourth-order valence-corrected chi connectivity index (χ4v) is 6.05. The molecule has 6 heterocycles. The zero-order chi connectivity index (χ0) is 31.2. The molecule has 0 saturated heterocycles. The third-order valence-electron chi connectivity index (χ3n) is 8.30. The van der Waals surface area contributed by atoms with E-state index in [1.54, 1.807) is 62.9 Å². The van der Waals surface area contributed by atoms with Crippen LogP contribution >= 0.6 is 0 Å². The molecule has 12 nitrogen and oxygen atoms in total. The van der Waals surface area contributed by atoms with Gasteiger partial charge in [0.25, 0.3) is 11.1 Å². The van der Waals surface area contributed by atoms with Gasteiger partial charge in [-0.05, 0) is 29.8 Å². The lowest BCUT2D eigenvalue weighted by molar-refractivity contribution is 0.129. The van der Waals surface area contributed by atoms with Crippen molar-refractivity contribution in [2.75, 3.05) is 32.1 Å². The number of aliphatic hydroxyl groups is 1. The molecule has 13 heteroatoms. The summed E-state index contributed by atoms with van der Waals surface area (Å²) in [6, 6.07) is 12.2. The predicted molar refractivity (Wildman–Crippen MR) is 168 cm³/mol. The standard InChI is InChI=1S/C32H31FN8O4/c1-37-17-20(15-25(31(37)43)35-27-16-21-18-38(13-14-45-2)9-12-41(21)36-27)22-7-8-34-30(24(22)19-42)40-11-10-39-26-6-4-3-5-23(26)28(33)29(39)32(40)44/h3-8,10-11,15-17,42H,9,12-14,18-19H2,1-2H3,(H,35,36). The van der Waals surface area contributed by atoms with Crippen molar-refractivity contribution < 1.29 is 14.2 Å².